The van der Waals surface area contributed by atoms with Crippen LogP contribution in [0, 0.1) is 0 Å². The zero-order chi connectivity index (χ0) is 18.0. The molecule has 0 bridgehead atoms. The molecular weight excluding hydrogens is 336 g/mol. The van der Waals surface area contributed by atoms with E-state index in [1.165, 1.54) is 5.69 Å². The first kappa shape index (κ1) is 18.0. The Bertz CT molecular complexity index is 766. The van der Waals surface area contributed by atoms with Crippen LogP contribution in [0.1, 0.15) is 44.4 Å². The number of aromatic nitrogens is 5. The highest BCUT2D eigenvalue weighted by Crippen LogP contribution is 2.30. The average molecular weight is 363 g/mol. The smallest absolute Gasteiger partial charge is 0.222 e. The van der Waals surface area contributed by atoms with Crippen molar-refractivity contribution >= 4 is 17.7 Å². The SMILES string of the molecule is CCCCC(=O)N1CCc2c(c(-c3nnc(SC)n3CC)nn2C)C1. The van der Waals surface area contributed by atoms with Crippen LogP contribution in [0.4, 0.5) is 0 Å². The second kappa shape index (κ2) is 7.59. The maximum atomic E-state index is 12.5. The van der Waals surface area contributed by atoms with Gasteiger partial charge in [-0.25, -0.2) is 0 Å². The molecular formula is C17H26N6OS. The Balaban J connectivity index is 1.95. The third-order valence-corrected chi connectivity index (χ3v) is 5.43. The van der Waals surface area contributed by atoms with Gasteiger partial charge in [-0.1, -0.05) is 25.1 Å². The van der Waals surface area contributed by atoms with Gasteiger partial charge < -0.3 is 9.47 Å². The average Bonchev–Trinajstić information content (AvgIpc) is 3.19. The predicted octanol–water partition coefficient (Wildman–Crippen LogP) is 2.50. The number of rotatable bonds is 6. The van der Waals surface area contributed by atoms with Gasteiger partial charge in [0.05, 0.1) is 0 Å². The van der Waals surface area contributed by atoms with Gasteiger partial charge in [-0.3, -0.25) is 9.48 Å². The van der Waals surface area contributed by atoms with E-state index in [2.05, 4.69) is 28.6 Å². The molecule has 2 aromatic heterocycles. The van der Waals surface area contributed by atoms with Gasteiger partial charge in [0.1, 0.15) is 5.69 Å². The van der Waals surface area contributed by atoms with E-state index in [1.54, 1.807) is 11.8 Å². The number of fused-ring (bicyclic) bond motifs is 1. The van der Waals surface area contributed by atoms with E-state index >= 15 is 0 Å². The molecule has 0 spiro atoms. The third-order valence-electron chi connectivity index (χ3n) is 4.77. The number of nitrogens with zero attached hydrogens (tertiary/aromatic N) is 6. The Labute approximate surface area is 152 Å². The molecule has 0 saturated heterocycles. The molecule has 0 saturated carbocycles. The lowest BCUT2D eigenvalue weighted by Crippen LogP contribution is -2.36. The normalized spacial score (nSPS) is 14.0. The Morgan fingerprint density at radius 2 is 2.08 bits per heavy atom. The molecule has 0 aliphatic carbocycles. The van der Waals surface area contributed by atoms with Crippen LogP contribution in [0.5, 0.6) is 0 Å². The van der Waals surface area contributed by atoms with Gasteiger partial charge in [0, 0.05) is 50.8 Å². The standard InChI is InChI=1S/C17H26N6OS/c1-5-7-8-14(24)22-10-9-13-12(11-22)15(20-21(13)3)16-18-19-17(25-4)23(16)6-2/h5-11H2,1-4H3. The molecule has 3 rings (SSSR count). The summed E-state index contributed by atoms with van der Waals surface area (Å²) in [5, 5.41) is 14.3. The Hall–Kier alpha value is -1.83. The summed E-state index contributed by atoms with van der Waals surface area (Å²) >= 11 is 1.58. The van der Waals surface area contributed by atoms with Crippen molar-refractivity contribution in [1.29, 1.82) is 0 Å². The first-order valence-corrected chi connectivity index (χ1v) is 10.1. The number of hydrogen-bond donors (Lipinski definition) is 0. The first-order valence-electron chi connectivity index (χ1n) is 8.90. The predicted molar refractivity (Wildman–Crippen MR) is 98.3 cm³/mol. The van der Waals surface area contributed by atoms with E-state index in [0.717, 1.165) is 54.6 Å². The lowest BCUT2D eigenvalue weighted by molar-refractivity contribution is -0.132. The van der Waals surface area contributed by atoms with E-state index in [0.29, 0.717) is 13.0 Å². The highest BCUT2D eigenvalue weighted by Gasteiger charge is 2.29. The molecule has 1 amide bonds. The molecule has 0 atom stereocenters. The molecule has 2 aromatic rings. The van der Waals surface area contributed by atoms with E-state index in [4.69, 9.17) is 5.10 Å². The minimum atomic E-state index is 0.240. The molecule has 0 N–H and O–H groups in total. The van der Waals surface area contributed by atoms with Crippen molar-refractivity contribution in [1.82, 2.24) is 29.4 Å². The maximum Gasteiger partial charge on any atom is 0.222 e. The molecule has 0 aromatic carbocycles. The van der Waals surface area contributed by atoms with E-state index in [9.17, 15) is 4.79 Å². The number of thioether (sulfide) groups is 1. The van der Waals surface area contributed by atoms with Crippen LogP contribution >= 0.6 is 11.8 Å². The molecule has 0 radical (unpaired) electrons. The van der Waals surface area contributed by atoms with Crippen molar-refractivity contribution in [3.63, 3.8) is 0 Å². The molecule has 25 heavy (non-hydrogen) atoms. The molecule has 1 aliphatic rings. The lowest BCUT2D eigenvalue weighted by atomic mass is 10.0. The number of aryl methyl sites for hydroxylation is 1. The Morgan fingerprint density at radius 3 is 2.76 bits per heavy atom. The van der Waals surface area contributed by atoms with E-state index in [1.807, 2.05) is 22.9 Å². The van der Waals surface area contributed by atoms with Gasteiger partial charge in [-0.2, -0.15) is 5.10 Å². The van der Waals surface area contributed by atoms with Crippen molar-refractivity contribution in [3.8, 4) is 11.5 Å². The highest BCUT2D eigenvalue weighted by atomic mass is 32.2. The molecule has 7 nitrogen and oxygen atoms in total. The zero-order valence-corrected chi connectivity index (χ0v) is 16.3. The molecule has 1 aliphatic heterocycles. The number of hydrogen-bond acceptors (Lipinski definition) is 5. The fourth-order valence-corrected chi connectivity index (χ4v) is 3.93. The number of amides is 1. The second-order valence-electron chi connectivity index (χ2n) is 6.32. The summed E-state index contributed by atoms with van der Waals surface area (Å²) in [4.78, 5) is 14.4. The van der Waals surface area contributed by atoms with E-state index < -0.39 is 0 Å². The van der Waals surface area contributed by atoms with Crippen molar-refractivity contribution < 1.29 is 4.79 Å². The van der Waals surface area contributed by atoms with Gasteiger partial charge in [-0.15, -0.1) is 10.2 Å². The monoisotopic (exact) mass is 362 g/mol. The fraction of sp³-hybridized carbons (Fsp3) is 0.647. The summed E-state index contributed by atoms with van der Waals surface area (Å²) in [6.07, 6.45) is 5.46. The summed E-state index contributed by atoms with van der Waals surface area (Å²) in [5.41, 5.74) is 3.18. The third kappa shape index (κ3) is 3.31. The highest BCUT2D eigenvalue weighted by molar-refractivity contribution is 7.98. The number of carbonyl (C=O) groups excluding carboxylic acids is 1. The minimum Gasteiger partial charge on any atom is -0.338 e. The lowest BCUT2D eigenvalue weighted by Gasteiger charge is -2.27. The van der Waals surface area contributed by atoms with Crippen LogP contribution in [0.15, 0.2) is 5.16 Å². The van der Waals surface area contributed by atoms with Crippen molar-refractivity contribution in [2.75, 3.05) is 12.8 Å². The van der Waals surface area contributed by atoms with Gasteiger partial charge in [0.2, 0.25) is 5.91 Å². The fourth-order valence-electron chi connectivity index (χ4n) is 3.37. The van der Waals surface area contributed by atoms with Crippen LogP contribution in [0.2, 0.25) is 0 Å². The topological polar surface area (TPSA) is 68.8 Å². The molecule has 0 fully saturated rings. The van der Waals surface area contributed by atoms with Crippen LogP contribution < -0.4 is 0 Å². The van der Waals surface area contributed by atoms with Gasteiger partial charge in [0.15, 0.2) is 11.0 Å². The zero-order valence-electron chi connectivity index (χ0n) is 15.4. The first-order chi connectivity index (χ1) is 12.1. The summed E-state index contributed by atoms with van der Waals surface area (Å²) in [7, 11) is 1.97. The summed E-state index contributed by atoms with van der Waals surface area (Å²) < 4.78 is 4.02. The summed E-state index contributed by atoms with van der Waals surface area (Å²) in [6, 6.07) is 0. The molecule has 3 heterocycles. The number of carbonyl (C=O) groups is 1. The Kier molecular flexibility index (Phi) is 5.46. The van der Waals surface area contributed by atoms with Crippen molar-refractivity contribution in [2.24, 2.45) is 7.05 Å². The number of unbranched alkanes of at least 4 members (excludes halogenated alkanes) is 1. The van der Waals surface area contributed by atoms with Gasteiger partial charge in [-0.05, 0) is 19.6 Å². The van der Waals surface area contributed by atoms with Crippen LogP contribution in [-0.2, 0) is 31.4 Å². The van der Waals surface area contributed by atoms with E-state index in [-0.39, 0.29) is 5.91 Å². The summed E-state index contributed by atoms with van der Waals surface area (Å²) in [5.74, 6) is 1.04. The largest absolute Gasteiger partial charge is 0.338 e. The van der Waals surface area contributed by atoms with Crippen molar-refractivity contribution in [3.05, 3.63) is 11.3 Å². The molecule has 0 unspecified atom stereocenters. The minimum absolute atomic E-state index is 0.240. The Morgan fingerprint density at radius 1 is 1.28 bits per heavy atom. The van der Waals surface area contributed by atoms with Crippen molar-refractivity contribution in [2.45, 2.75) is 57.8 Å². The summed E-state index contributed by atoms with van der Waals surface area (Å²) in [6.45, 7) is 6.38. The molecule has 136 valence electrons. The van der Waals surface area contributed by atoms with Gasteiger partial charge >= 0.3 is 0 Å². The quantitative estimate of drug-likeness (QED) is 0.739. The van der Waals surface area contributed by atoms with Crippen LogP contribution in [-0.4, -0.2) is 48.2 Å². The van der Waals surface area contributed by atoms with Gasteiger partial charge in [0.25, 0.3) is 0 Å². The second-order valence-corrected chi connectivity index (χ2v) is 7.09. The molecule has 8 heteroatoms. The van der Waals surface area contributed by atoms with Crippen LogP contribution in [0.25, 0.3) is 11.5 Å². The maximum absolute atomic E-state index is 12.5. The van der Waals surface area contributed by atoms with Crippen LogP contribution in [0.3, 0.4) is 0 Å².